The Morgan fingerprint density at radius 1 is 1.40 bits per heavy atom. The van der Waals surface area contributed by atoms with E-state index in [4.69, 9.17) is 4.74 Å². The highest BCUT2D eigenvalue weighted by Crippen LogP contribution is 2.01. The summed E-state index contributed by atoms with van der Waals surface area (Å²) in [4.78, 5) is 13.0. The first kappa shape index (κ1) is 18.9. The van der Waals surface area contributed by atoms with E-state index in [1.54, 1.807) is 14.1 Å². The number of likely N-dealkylation sites (N-methyl/N-ethyl adjacent to an activating group) is 2. The number of amides is 1. The van der Waals surface area contributed by atoms with Gasteiger partial charge in [0, 0.05) is 13.6 Å². The van der Waals surface area contributed by atoms with Crippen LogP contribution in [-0.2, 0) is 16.1 Å². The normalized spacial score (nSPS) is 11.6. The molecule has 1 rings (SSSR count). The number of nitrogens with one attached hydrogen (secondary N) is 1. The van der Waals surface area contributed by atoms with E-state index in [2.05, 4.69) is 5.32 Å². The Balaban J connectivity index is 0.00000361. The Labute approximate surface area is 126 Å². The molecule has 0 saturated heterocycles. The highest BCUT2D eigenvalue weighted by atomic mass is 35.5. The van der Waals surface area contributed by atoms with Crippen LogP contribution < -0.4 is 5.32 Å². The Hall–Kier alpha value is -1.14. The number of aliphatic hydroxyl groups excluding tert-OH is 1. The molecule has 2 N–H and O–H groups in total. The first-order valence-corrected chi connectivity index (χ1v) is 6.31. The number of halogens is 1. The number of nitrogens with zero attached hydrogens (tertiary/aromatic N) is 1. The average Bonchev–Trinajstić information content (AvgIpc) is 2.40. The molecule has 0 fully saturated rings. The highest BCUT2D eigenvalue weighted by molar-refractivity contribution is 5.85. The number of hydrogen-bond donors (Lipinski definition) is 2. The lowest BCUT2D eigenvalue weighted by molar-refractivity contribution is -0.130. The first-order chi connectivity index (χ1) is 9.13. The summed E-state index contributed by atoms with van der Waals surface area (Å²) in [5, 5.41) is 12.6. The van der Waals surface area contributed by atoms with Crippen molar-refractivity contribution in [2.24, 2.45) is 0 Å². The van der Waals surface area contributed by atoms with Crippen molar-refractivity contribution in [3.05, 3.63) is 35.9 Å². The molecule has 1 atom stereocenters. The van der Waals surface area contributed by atoms with E-state index in [9.17, 15) is 9.90 Å². The van der Waals surface area contributed by atoms with Gasteiger partial charge in [0.05, 0.1) is 25.9 Å². The van der Waals surface area contributed by atoms with Crippen LogP contribution in [0.3, 0.4) is 0 Å². The number of carbonyl (C=O) groups excluding carboxylic acids is 1. The molecular formula is C14H23ClN2O3. The summed E-state index contributed by atoms with van der Waals surface area (Å²) in [6.45, 7) is 1.22. The van der Waals surface area contributed by atoms with Crippen molar-refractivity contribution >= 4 is 18.3 Å². The van der Waals surface area contributed by atoms with Crippen LogP contribution in [0.4, 0.5) is 0 Å². The SMILES string of the molecule is CNCC(=O)N(C)CC(O)COCc1ccccc1.Cl. The molecular weight excluding hydrogens is 280 g/mol. The Kier molecular flexibility index (Phi) is 10.0. The Bertz CT molecular complexity index is 376. The van der Waals surface area contributed by atoms with Gasteiger partial charge in [0.2, 0.25) is 5.91 Å². The van der Waals surface area contributed by atoms with Crippen molar-refractivity contribution in [1.29, 1.82) is 0 Å². The predicted molar refractivity (Wildman–Crippen MR) is 80.9 cm³/mol. The monoisotopic (exact) mass is 302 g/mol. The molecule has 5 nitrogen and oxygen atoms in total. The van der Waals surface area contributed by atoms with Crippen LogP contribution in [0.5, 0.6) is 0 Å². The smallest absolute Gasteiger partial charge is 0.236 e. The quantitative estimate of drug-likeness (QED) is 0.741. The second-order valence-corrected chi connectivity index (χ2v) is 4.46. The molecule has 0 bridgehead atoms. The molecule has 1 aromatic carbocycles. The van der Waals surface area contributed by atoms with Gasteiger partial charge in [-0.15, -0.1) is 12.4 Å². The standard InChI is InChI=1S/C14H22N2O3.ClH/c1-15-8-14(18)16(2)9-13(17)11-19-10-12-6-4-3-5-7-12;/h3-7,13,15,17H,8-11H2,1-2H3;1H. The van der Waals surface area contributed by atoms with E-state index in [0.29, 0.717) is 6.61 Å². The van der Waals surface area contributed by atoms with Crippen LogP contribution >= 0.6 is 12.4 Å². The number of hydrogen-bond acceptors (Lipinski definition) is 4. The lowest BCUT2D eigenvalue weighted by Crippen LogP contribution is -2.40. The third-order valence-electron chi connectivity index (χ3n) is 2.66. The van der Waals surface area contributed by atoms with Gasteiger partial charge in [-0.25, -0.2) is 0 Å². The minimum absolute atomic E-state index is 0. The average molecular weight is 303 g/mol. The summed E-state index contributed by atoms with van der Waals surface area (Å²) < 4.78 is 5.42. The van der Waals surface area contributed by atoms with Crippen molar-refractivity contribution in [2.75, 3.05) is 33.8 Å². The van der Waals surface area contributed by atoms with Gasteiger partial charge in [-0.3, -0.25) is 4.79 Å². The van der Waals surface area contributed by atoms with E-state index in [0.717, 1.165) is 5.56 Å². The molecule has 1 unspecified atom stereocenters. The lowest BCUT2D eigenvalue weighted by Gasteiger charge is -2.20. The van der Waals surface area contributed by atoms with Crippen LogP contribution in [0, 0.1) is 0 Å². The van der Waals surface area contributed by atoms with Crippen LogP contribution in [0.15, 0.2) is 30.3 Å². The minimum atomic E-state index is -0.672. The van der Waals surface area contributed by atoms with Crippen LogP contribution in [0.25, 0.3) is 0 Å². The van der Waals surface area contributed by atoms with Gasteiger partial charge < -0.3 is 20.1 Å². The van der Waals surface area contributed by atoms with Gasteiger partial charge in [-0.1, -0.05) is 30.3 Å². The zero-order valence-corrected chi connectivity index (χ0v) is 12.7. The second kappa shape index (κ2) is 10.6. The second-order valence-electron chi connectivity index (χ2n) is 4.46. The lowest BCUT2D eigenvalue weighted by atomic mass is 10.2. The molecule has 6 heteroatoms. The minimum Gasteiger partial charge on any atom is -0.389 e. The third kappa shape index (κ3) is 7.45. The molecule has 0 radical (unpaired) electrons. The molecule has 0 spiro atoms. The summed E-state index contributed by atoms with van der Waals surface area (Å²) in [5.74, 6) is -0.0513. The Morgan fingerprint density at radius 3 is 2.65 bits per heavy atom. The maximum atomic E-state index is 11.5. The van der Waals surface area contributed by atoms with E-state index in [1.807, 2.05) is 30.3 Å². The van der Waals surface area contributed by atoms with Gasteiger partial charge >= 0.3 is 0 Å². The van der Waals surface area contributed by atoms with Crippen LogP contribution in [0.2, 0.25) is 0 Å². The molecule has 20 heavy (non-hydrogen) atoms. The van der Waals surface area contributed by atoms with Gasteiger partial charge in [0.25, 0.3) is 0 Å². The molecule has 0 aliphatic carbocycles. The highest BCUT2D eigenvalue weighted by Gasteiger charge is 2.12. The summed E-state index contributed by atoms with van der Waals surface area (Å²) >= 11 is 0. The van der Waals surface area contributed by atoms with E-state index < -0.39 is 6.10 Å². The fourth-order valence-electron chi connectivity index (χ4n) is 1.64. The fraction of sp³-hybridized carbons (Fsp3) is 0.500. The van der Waals surface area contributed by atoms with Crippen molar-refractivity contribution in [3.8, 4) is 0 Å². The molecule has 1 aromatic rings. The van der Waals surface area contributed by atoms with Crippen molar-refractivity contribution in [3.63, 3.8) is 0 Å². The molecule has 0 heterocycles. The van der Waals surface area contributed by atoms with Crippen LogP contribution in [-0.4, -0.2) is 55.8 Å². The molecule has 0 aliphatic heterocycles. The summed E-state index contributed by atoms with van der Waals surface area (Å²) in [7, 11) is 3.38. The van der Waals surface area contributed by atoms with Crippen LogP contribution in [0.1, 0.15) is 5.56 Å². The fourth-order valence-corrected chi connectivity index (χ4v) is 1.64. The Morgan fingerprint density at radius 2 is 2.05 bits per heavy atom. The largest absolute Gasteiger partial charge is 0.389 e. The number of carbonyl (C=O) groups is 1. The van der Waals surface area contributed by atoms with Gasteiger partial charge in [-0.2, -0.15) is 0 Å². The molecule has 0 saturated carbocycles. The summed E-state index contributed by atoms with van der Waals surface area (Å²) in [5.41, 5.74) is 1.06. The molecule has 0 aromatic heterocycles. The summed E-state index contributed by atoms with van der Waals surface area (Å²) in [6.07, 6.45) is -0.672. The molecule has 114 valence electrons. The first-order valence-electron chi connectivity index (χ1n) is 6.31. The maximum Gasteiger partial charge on any atom is 0.236 e. The van der Waals surface area contributed by atoms with Crippen molar-refractivity contribution < 1.29 is 14.6 Å². The number of benzene rings is 1. The van der Waals surface area contributed by atoms with E-state index in [1.165, 1.54) is 4.90 Å². The van der Waals surface area contributed by atoms with Gasteiger partial charge in [-0.05, 0) is 12.6 Å². The number of ether oxygens (including phenoxy) is 1. The van der Waals surface area contributed by atoms with Gasteiger partial charge in [0.15, 0.2) is 0 Å². The van der Waals surface area contributed by atoms with Crippen molar-refractivity contribution in [1.82, 2.24) is 10.2 Å². The molecule has 0 aliphatic rings. The maximum absolute atomic E-state index is 11.5. The van der Waals surface area contributed by atoms with E-state index in [-0.39, 0.29) is 38.0 Å². The predicted octanol–water partition coefficient (Wildman–Crippen LogP) is 0.664. The number of rotatable bonds is 8. The zero-order chi connectivity index (χ0) is 14.1. The molecule has 1 amide bonds. The van der Waals surface area contributed by atoms with E-state index >= 15 is 0 Å². The third-order valence-corrected chi connectivity index (χ3v) is 2.66. The summed E-state index contributed by atoms with van der Waals surface area (Å²) in [6, 6.07) is 9.77. The zero-order valence-electron chi connectivity index (χ0n) is 11.9. The topological polar surface area (TPSA) is 61.8 Å². The van der Waals surface area contributed by atoms with Crippen molar-refractivity contribution in [2.45, 2.75) is 12.7 Å². The number of aliphatic hydroxyl groups is 1. The van der Waals surface area contributed by atoms with Gasteiger partial charge in [0.1, 0.15) is 0 Å².